The average molecular weight is 284 g/mol. The van der Waals surface area contributed by atoms with Crippen molar-refractivity contribution in [3.05, 3.63) is 29.3 Å². The number of nitrogens with one attached hydrogen (secondary N) is 1. The van der Waals surface area contributed by atoms with E-state index in [1.54, 1.807) is 6.07 Å². The Morgan fingerprint density at radius 3 is 2.45 bits per heavy atom. The van der Waals surface area contributed by atoms with Gasteiger partial charge in [0.05, 0.1) is 16.8 Å². The third kappa shape index (κ3) is 5.12. The van der Waals surface area contributed by atoms with Gasteiger partial charge < -0.3 is 5.32 Å². The van der Waals surface area contributed by atoms with Gasteiger partial charge in [-0.3, -0.25) is 0 Å². The number of rotatable bonds is 7. The normalized spacial score (nSPS) is 11.2. The molecule has 0 aliphatic heterocycles. The molecule has 1 N–H and O–H groups in total. The van der Waals surface area contributed by atoms with Crippen molar-refractivity contribution in [3.8, 4) is 6.07 Å². The van der Waals surface area contributed by atoms with Crippen LogP contribution in [0, 0.1) is 11.3 Å². The zero-order chi connectivity index (χ0) is 15.0. The summed E-state index contributed by atoms with van der Waals surface area (Å²) in [6.45, 7) is 2.81. The van der Waals surface area contributed by atoms with Gasteiger partial charge in [-0.25, -0.2) is 0 Å². The Morgan fingerprint density at radius 1 is 1.15 bits per heavy atom. The predicted molar refractivity (Wildman–Crippen MR) is 73.4 cm³/mol. The molecule has 1 aromatic rings. The molecule has 0 aliphatic rings. The van der Waals surface area contributed by atoms with E-state index >= 15 is 0 Å². The number of benzene rings is 1. The predicted octanol–water partition coefficient (Wildman–Crippen LogP) is 4.96. The third-order valence-corrected chi connectivity index (χ3v) is 3.06. The van der Waals surface area contributed by atoms with Crippen molar-refractivity contribution in [3.63, 3.8) is 0 Å². The van der Waals surface area contributed by atoms with E-state index in [1.807, 2.05) is 0 Å². The molecule has 0 unspecified atom stereocenters. The number of unbranched alkanes of at least 4 members (excludes halogenated alkanes) is 4. The van der Waals surface area contributed by atoms with Crippen LogP contribution in [0.5, 0.6) is 0 Å². The van der Waals surface area contributed by atoms with Crippen molar-refractivity contribution < 1.29 is 13.2 Å². The molecule has 0 saturated carbocycles. The standard InChI is InChI=1S/C15H19F3N2/c1-2-3-4-5-6-9-20-14-8-7-13(15(16,17)18)10-12(14)11-19/h7-8,10,20H,2-6,9H2,1H3. The van der Waals surface area contributed by atoms with Crippen molar-refractivity contribution >= 4 is 5.69 Å². The maximum Gasteiger partial charge on any atom is 0.416 e. The van der Waals surface area contributed by atoms with Gasteiger partial charge in [0.1, 0.15) is 6.07 Å². The lowest BCUT2D eigenvalue weighted by atomic mass is 10.1. The first kappa shape index (κ1) is 16.4. The van der Waals surface area contributed by atoms with Crippen LogP contribution in [-0.2, 0) is 6.18 Å². The number of anilines is 1. The van der Waals surface area contributed by atoms with Crippen LogP contribution in [-0.4, -0.2) is 6.54 Å². The van der Waals surface area contributed by atoms with Crippen LogP contribution < -0.4 is 5.32 Å². The van der Waals surface area contributed by atoms with E-state index in [9.17, 15) is 13.2 Å². The first-order chi connectivity index (χ1) is 9.49. The summed E-state index contributed by atoms with van der Waals surface area (Å²) in [5, 5.41) is 12.0. The third-order valence-electron chi connectivity index (χ3n) is 3.06. The van der Waals surface area contributed by atoms with Gasteiger partial charge in [0.15, 0.2) is 0 Å². The van der Waals surface area contributed by atoms with Gasteiger partial charge in [-0.15, -0.1) is 0 Å². The smallest absolute Gasteiger partial charge is 0.384 e. The van der Waals surface area contributed by atoms with Crippen LogP contribution in [0.3, 0.4) is 0 Å². The van der Waals surface area contributed by atoms with Gasteiger partial charge in [-0.1, -0.05) is 32.6 Å². The largest absolute Gasteiger partial charge is 0.416 e. The number of halogens is 3. The SMILES string of the molecule is CCCCCCCNc1ccc(C(F)(F)F)cc1C#N. The molecule has 20 heavy (non-hydrogen) atoms. The minimum absolute atomic E-state index is 0.0355. The lowest BCUT2D eigenvalue weighted by Crippen LogP contribution is -2.08. The molecular weight excluding hydrogens is 265 g/mol. The summed E-state index contributed by atoms with van der Waals surface area (Å²) in [6, 6.07) is 5.02. The molecule has 0 radical (unpaired) electrons. The maximum atomic E-state index is 12.5. The zero-order valence-electron chi connectivity index (χ0n) is 11.6. The van der Waals surface area contributed by atoms with Gasteiger partial charge >= 0.3 is 6.18 Å². The first-order valence-corrected chi connectivity index (χ1v) is 6.84. The molecule has 0 heterocycles. The fourth-order valence-electron chi connectivity index (χ4n) is 1.92. The monoisotopic (exact) mass is 284 g/mol. The molecule has 0 bridgehead atoms. The quantitative estimate of drug-likeness (QED) is 0.718. The Morgan fingerprint density at radius 2 is 1.85 bits per heavy atom. The lowest BCUT2D eigenvalue weighted by Gasteiger charge is -2.11. The highest BCUT2D eigenvalue weighted by molar-refractivity contribution is 5.58. The molecule has 1 aromatic carbocycles. The van der Waals surface area contributed by atoms with Crippen LogP contribution in [0.1, 0.15) is 50.2 Å². The van der Waals surface area contributed by atoms with Gasteiger partial charge in [-0.2, -0.15) is 18.4 Å². The first-order valence-electron chi connectivity index (χ1n) is 6.84. The van der Waals surface area contributed by atoms with Crippen LogP contribution >= 0.6 is 0 Å². The Balaban J connectivity index is 2.56. The van der Waals surface area contributed by atoms with Crippen molar-refractivity contribution in [2.45, 2.75) is 45.2 Å². The van der Waals surface area contributed by atoms with E-state index in [-0.39, 0.29) is 5.56 Å². The molecule has 0 atom stereocenters. The highest BCUT2D eigenvalue weighted by atomic mass is 19.4. The number of alkyl halides is 3. The fourth-order valence-corrected chi connectivity index (χ4v) is 1.92. The molecule has 0 fully saturated rings. The summed E-state index contributed by atoms with van der Waals surface area (Å²) < 4.78 is 37.6. The van der Waals surface area contributed by atoms with Crippen molar-refractivity contribution in [2.75, 3.05) is 11.9 Å². The summed E-state index contributed by atoms with van der Waals surface area (Å²) in [4.78, 5) is 0. The maximum absolute atomic E-state index is 12.5. The summed E-state index contributed by atoms with van der Waals surface area (Å²) >= 11 is 0. The van der Waals surface area contributed by atoms with E-state index in [1.165, 1.54) is 18.9 Å². The van der Waals surface area contributed by atoms with Crippen molar-refractivity contribution in [2.24, 2.45) is 0 Å². The molecule has 5 heteroatoms. The second-order valence-corrected chi connectivity index (χ2v) is 4.71. The topological polar surface area (TPSA) is 35.8 Å². The highest BCUT2D eigenvalue weighted by Gasteiger charge is 2.30. The van der Waals surface area contributed by atoms with Gasteiger partial charge in [0.2, 0.25) is 0 Å². The summed E-state index contributed by atoms with van der Waals surface area (Å²) in [5.74, 6) is 0. The van der Waals surface area contributed by atoms with E-state index in [0.717, 1.165) is 31.4 Å². The van der Waals surface area contributed by atoms with E-state index in [0.29, 0.717) is 12.2 Å². The minimum atomic E-state index is -4.41. The molecular formula is C15H19F3N2. The molecule has 0 spiro atoms. The number of hydrogen-bond acceptors (Lipinski definition) is 2. The van der Waals surface area contributed by atoms with Gasteiger partial charge in [0, 0.05) is 6.54 Å². The highest BCUT2D eigenvalue weighted by Crippen LogP contribution is 2.31. The molecule has 1 rings (SSSR count). The molecule has 2 nitrogen and oxygen atoms in total. The van der Waals surface area contributed by atoms with Crippen molar-refractivity contribution in [1.29, 1.82) is 5.26 Å². The number of hydrogen-bond donors (Lipinski definition) is 1. The zero-order valence-corrected chi connectivity index (χ0v) is 11.6. The summed E-state index contributed by atoms with van der Waals surface area (Å²) in [5.41, 5.74) is -0.285. The van der Waals surface area contributed by atoms with Crippen LogP contribution in [0.25, 0.3) is 0 Å². The number of nitriles is 1. The summed E-state index contributed by atoms with van der Waals surface area (Å²) in [6.07, 6.45) is 1.16. The van der Waals surface area contributed by atoms with E-state index < -0.39 is 11.7 Å². The second-order valence-electron chi connectivity index (χ2n) is 4.71. The van der Waals surface area contributed by atoms with E-state index in [2.05, 4.69) is 12.2 Å². The Bertz CT molecular complexity index is 461. The molecule has 110 valence electrons. The Kier molecular flexibility index (Phi) is 6.37. The average Bonchev–Trinajstić information content (AvgIpc) is 2.41. The van der Waals surface area contributed by atoms with Gasteiger partial charge in [-0.05, 0) is 24.6 Å². The molecule has 0 aromatic heterocycles. The Labute approximate surface area is 117 Å². The van der Waals surface area contributed by atoms with Crippen LogP contribution in [0.2, 0.25) is 0 Å². The fraction of sp³-hybridized carbons (Fsp3) is 0.533. The molecule has 0 saturated heterocycles. The molecule has 0 amide bonds. The summed E-state index contributed by atoms with van der Waals surface area (Å²) in [7, 11) is 0. The second kappa shape index (κ2) is 7.78. The van der Waals surface area contributed by atoms with Crippen LogP contribution in [0.15, 0.2) is 18.2 Å². The number of nitrogens with zero attached hydrogens (tertiary/aromatic N) is 1. The minimum Gasteiger partial charge on any atom is -0.384 e. The van der Waals surface area contributed by atoms with E-state index in [4.69, 9.17) is 5.26 Å². The molecule has 0 aliphatic carbocycles. The van der Waals surface area contributed by atoms with Crippen LogP contribution in [0.4, 0.5) is 18.9 Å². The van der Waals surface area contributed by atoms with Gasteiger partial charge in [0.25, 0.3) is 0 Å². The van der Waals surface area contributed by atoms with Crippen molar-refractivity contribution in [1.82, 2.24) is 0 Å². The lowest BCUT2D eigenvalue weighted by molar-refractivity contribution is -0.137. The Hall–Kier alpha value is -1.70.